The normalized spacial score (nSPS) is 14.7. The Hall–Kier alpha value is -1.38. The van der Waals surface area contributed by atoms with Gasteiger partial charge in [-0.25, -0.2) is 0 Å². The van der Waals surface area contributed by atoms with Gasteiger partial charge in [0.25, 0.3) is 0 Å². The molecule has 18 heavy (non-hydrogen) atoms. The molecule has 0 aliphatic heterocycles. The third kappa shape index (κ3) is 7.82. The van der Waals surface area contributed by atoms with Gasteiger partial charge in [-0.05, 0) is 47.1 Å². The molecule has 0 spiro atoms. The van der Waals surface area contributed by atoms with E-state index in [1.165, 1.54) is 0 Å². The van der Waals surface area contributed by atoms with Crippen molar-refractivity contribution in [2.45, 2.75) is 59.6 Å². The van der Waals surface area contributed by atoms with Crippen LogP contribution in [0.3, 0.4) is 0 Å². The molecule has 0 aromatic carbocycles. The fraction of sp³-hybridized carbons (Fsp3) is 0.600. The van der Waals surface area contributed by atoms with Gasteiger partial charge in [-0.15, -0.1) is 0 Å². The maximum absolute atomic E-state index is 11.7. The number of hydrogen-bond donors (Lipinski definition) is 0. The molecule has 0 radical (unpaired) electrons. The van der Waals surface area contributed by atoms with Gasteiger partial charge in [0.15, 0.2) is 0 Å². The number of rotatable bonds is 5. The molecule has 1 atom stereocenters. The van der Waals surface area contributed by atoms with Gasteiger partial charge in [0.1, 0.15) is 5.60 Å². The molecule has 0 amide bonds. The lowest BCUT2D eigenvalue weighted by atomic mass is 10.1. The summed E-state index contributed by atoms with van der Waals surface area (Å²) in [5.41, 5.74) is 1.41. The third-order valence-electron chi connectivity index (χ3n) is 2.32. The molecule has 0 rings (SSSR count). The van der Waals surface area contributed by atoms with E-state index in [9.17, 15) is 4.79 Å². The number of allylic oxidation sites excluding steroid dienone is 1. The lowest BCUT2D eigenvalue weighted by molar-refractivity contribution is -0.153. The second kappa shape index (κ2) is 7.14. The topological polar surface area (TPSA) is 38.7 Å². The molecule has 0 aromatic rings. The second-order valence-corrected chi connectivity index (χ2v) is 5.43. The smallest absolute Gasteiger partial charge is 0.310 e. The summed E-state index contributed by atoms with van der Waals surface area (Å²) in [5, 5.41) is 0. The molecule has 102 valence electrons. The Morgan fingerprint density at radius 1 is 1.44 bits per heavy atom. The minimum atomic E-state index is -0.446. The van der Waals surface area contributed by atoms with Gasteiger partial charge in [0.2, 0.25) is 0 Å². The van der Waals surface area contributed by atoms with Gasteiger partial charge in [-0.1, -0.05) is 18.2 Å². The highest BCUT2D eigenvalue weighted by atomic mass is 16.6. The molecule has 0 aliphatic carbocycles. The van der Waals surface area contributed by atoms with Crippen molar-refractivity contribution in [1.82, 2.24) is 0 Å². The average Bonchev–Trinajstić information content (AvgIpc) is 2.20. The molecule has 1 unspecified atom stereocenters. The van der Waals surface area contributed by atoms with Crippen LogP contribution in [0.1, 0.15) is 48.0 Å². The van der Waals surface area contributed by atoms with Crippen molar-refractivity contribution in [2.24, 2.45) is 4.99 Å². The lowest BCUT2D eigenvalue weighted by Crippen LogP contribution is -2.24. The standard InChI is InChI=1S/C15H25NO2/c1-8-13(10-16-12(4)11(2)3)9-14(17)18-15(5,6)7/h8,10,12H,2,9H2,1,3-7H3/b13-8-,16-10?. The van der Waals surface area contributed by atoms with Crippen molar-refractivity contribution in [3.63, 3.8) is 0 Å². The molecule has 0 bridgehead atoms. The van der Waals surface area contributed by atoms with Crippen LogP contribution in [0.2, 0.25) is 0 Å². The zero-order valence-electron chi connectivity index (χ0n) is 12.4. The zero-order chi connectivity index (χ0) is 14.3. The van der Waals surface area contributed by atoms with Crippen LogP contribution in [0.25, 0.3) is 0 Å². The summed E-state index contributed by atoms with van der Waals surface area (Å²) in [6.45, 7) is 15.2. The Morgan fingerprint density at radius 3 is 2.39 bits per heavy atom. The first-order valence-electron chi connectivity index (χ1n) is 6.21. The fourth-order valence-electron chi connectivity index (χ4n) is 1.10. The zero-order valence-corrected chi connectivity index (χ0v) is 12.4. The van der Waals surface area contributed by atoms with Crippen molar-refractivity contribution >= 4 is 12.2 Å². The Balaban J connectivity index is 4.47. The first kappa shape index (κ1) is 16.6. The Labute approximate surface area is 111 Å². The van der Waals surface area contributed by atoms with Gasteiger partial charge in [-0.3, -0.25) is 9.79 Å². The van der Waals surface area contributed by atoms with Gasteiger partial charge in [0.05, 0.1) is 12.5 Å². The summed E-state index contributed by atoms with van der Waals surface area (Å²) in [5.74, 6) is -0.231. The predicted octanol–water partition coefficient (Wildman–Crippen LogP) is 3.70. The fourth-order valence-corrected chi connectivity index (χ4v) is 1.10. The number of esters is 1. The maximum Gasteiger partial charge on any atom is 0.310 e. The predicted molar refractivity (Wildman–Crippen MR) is 77.0 cm³/mol. The van der Waals surface area contributed by atoms with Crippen LogP contribution in [0.4, 0.5) is 0 Å². The van der Waals surface area contributed by atoms with Gasteiger partial charge in [0, 0.05) is 6.21 Å². The quantitative estimate of drug-likeness (QED) is 0.424. The highest BCUT2D eigenvalue weighted by Gasteiger charge is 2.16. The van der Waals surface area contributed by atoms with E-state index in [2.05, 4.69) is 11.6 Å². The molecule has 3 heteroatoms. The molecule has 0 N–H and O–H groups in total. The van der Waals surface area contributed by atoms with Crippen LogP contribution in [0.15, 0.2) is 28.8 Å². The molecular weight excluding hydrogens is 226 g/mol. The average molecular weight is 251 g/mol. The van der Waals surface area contributed by atoms with E-state index in [0.717, 1.165) is 11.1 Å². The minimum absolute atomic E-state index is 0.0681. The summed E-state index contributed by atoms with van der Waals surface area (Å²) in [6.07, 6.45) is 3.85. The van der Waals surface area contributed by atoms with Crippen molar-refractivity contribution in [3.05, 3.63) is 23.8 Å². The van der Waals surface area contributed by atoms with Crippen molar-refractivity contribution in [2.75, 3.05) is 0 Å². The summed E-state index contributed by atoms with van der Waals surface area (Å²) >= 11 is 0. The maximum atomic E-state index is 11.7. The van der Waals surface area contributed by atoms with E-state index in [-0.39, 0.29) is 18.4 Å². The Morgan fingerprint density at radius 2 is 2.00 bits per heavy atom. The van der Waals surface area contributed by atoms with Crippen molar-refractivity contribution < 1.29 is 9.53 Å². The number of aliphatic imine (C=N–C) groups is 1. The van der Waals surface area contributed by atoms with Gasteiger partial charge in [-0.2, -0.15) is 0 Å². The number of nitrogens with zero attached hydrogens (tertiary/aromatic N) is 1. The van der Waals surface area contributed by atoms with E-state index in [0.29, 0.717) is 0 Å². The van der Waals surface area contributed by atoms with Crippen LogP contribution in [-0.4, -0.2) is 23.8 Å². The third-order valence-corrected chi connectivity index (χ3v) is 2.32. The first-order valence-corrected chi connectivity index (χ1v) is 6.21. The molecule has 0 aromatic heterocycles. The molecule has 3 nitrogen and oxygen atoms in total. The summed E-state index contributed by atoms with van der Waals surface area (Å²) in [4.78, 5) is 16.0. The van der Waals surface area contributed by atoms with Crippen LogP contribution in [0, 0.1) is 0 Å². The molecular formula is C15H25NO2. The molecule has 0 fully saturated rings. The van der Waals surface area contributed by atoms with Gasteiger partial charge >= 0.3 is 5.97 Å². The molecule has 0 saturated carbocycles. The van der Waals surface area contributed by atoms with Crippen LogP contribution < -0.4 is 0 Å². The van der Waals surface area contributed by atoms with Crippen LogP contribution in [0.5, 0.6) is 0 Å². The van der Waals surface area contributed by atoms with Crippen LogP contribution >= 0.6 is 0 Å². The number of ether oxygens (including phenoxy) is 1. The molecule has 0 saturated heterocycles. The SMILES string of the molecule is C=C(C)C(C)N=C/C(=C\C)CC(=O)OC(C)(C)C. The number of hydrogen-bond acceptors (Lipinski definition) is 3. The van der Waals surface area contributed by atoms with Crippen LogP contribution in [-0.2, 0) is 9.53 Å². The minimum Gasteiger partial charge on any atom is -0.460 e. The van der Waals surface area contributed by atoms with E-state index < -0.39 is 5.60 Å². The summed E-state index contributed by atoms with van der Waals surface area (Å²) < 4.78 is 5.27. The molecule has 0 aliphatic rings. The highest BCUT2D eigenvalue weighted by molar-refractivity contribution is 5.87. The Bertz CT molecular complexity index is 359. The largest absolute Gasteiger partial charge is 0.460 e. The Kier molecular flexibility index (Phi) is 6.60. The second-order valence-electron chi connectivity index (χ2n) is 5.43. The first-order chi connectivity index (χ1) is 8.15. The molecule has 0 heterocycles. The van der Waals surface area contributed by atoms with E-state index in [4.69, 9.17) is 4.74 Å². The number of carbonyl (C=O) groups is 1. The van der Waals surface area contributed by atoms with E-state index in [1.54, 1.807) is 6.21 Å². The van der Waals surface area contributed by atoms with E-state index in [1.807, 2.05) is 47.6 Å². The number of carbonyl (C=O) groups excluding carboxylic acids is 1. The summed E-state index contributed by atoms with van der Waals surface area (Å²) in [7, 11) is 0. The van der Waals surface area contributed by atoms with Gasteiger partial charge < -0.3 is 4.74 Å². The lowest BCUT2D eigenvalue weighted by Gasteiger charge is -2.19. The summed E-state index contributed by atoms with van der Waals surface area (Å²) in [6, 6.07) is 0.0681. The monoisotopic (exact) mass is 251 g/mol. The highest BCUT2D eigenvalue weighted by Crippen LogP contribution is 2.11. The van der Waals surface area contributed by atoms with E-state index >= 15 is 0 Å². The van der Waals surface area contributed by atoms with Crippen molar-refractivity contribution in [3.8, 4) is 0 Å². The van der Waals surface area contributed by atoms with Crippen molar-refractivity contribution in [1.29, 1.82) is 0 Å².